The summed E-state index contributed by atoms with van der Waals surface area (Å²) in [6, 6.07) is 3.85. The number of aromatic nitrogens is 2. The van der Waals surface area contributed by atoms with Gasteiger partial charge in [-0.25, -0.2) is 4.98 Å². The maximum absolute atomic E-state index is 11.2. The highest BCUT2D eigenvalue weighted by Crippen LogP contribution is 2.35. The summed E-state index contributed by atoms with van der Waals surface area (Å²) in [6.07, 6.45) is 9.96. The van der Waals surface area contributed by atoms with Gasteiger partial charge in [0.05, 0.1) is 11.6 Å². The van der Waals surface area contributed by atoms with Crippen molar-refractivity contribution in [3.05, 3.63) is 45.7 Å². The number of nitrogens with zero attached hydrogens (tertiary/aromatic N) is 2. The van der Waals surface area contributed by atoms with E-state index in [-0.39, 0.29) is 0 Å². The van der Waals surface area contributed by atoms with Gasteiger partial charge in [-0.3, -0.25) is 9.78 Å². The summed E-state index contributed by atoms with van der Waals surface area (Å²) in [7, 11) is 0. The van der Waals surface area contributed by atoms with E-state index >= 15 is 0 Å². The maximum Gasteiger partial charge on any atom is 0.312 e. The van der Waals surface area contributed by atoms with Crippen molar-refractivity contribution in [3.8, 4) is 0 Å². The molecule has 0 aromatic carbocycles. The molecule has 1 aliphatic rings. The van der Waals surface area contributed by atoms with Gasteiger partial charge >= 0.3 is 5.97 Å². The highest BCUT2D eigenvalue weighted by molar-refractivity contribution is 7.12. The minimum Gasteiger partial charge on any atom is -0.481 e. The van der Waals surface area contributed by atoms with E-state index in [0.717, 1.165) is 34.0 Å². The van der Waals surface area contributed by atoms with Gasteiger partial charge in [0.1, 0.15) is 5.01 Å². The molecule has 2 heterocycles. The Labute approximate surface area is 120 Å². The van der Waals surface area contributed by atoms with Crippen LogP contribution in [0.1, 0.15) is 39.9 Å². The van der Waals surface area contributed by atoms with Crippen molar-refractivity contribution in [1.29, 1.82) is 0 Å². The van der Waals surface area contributed by atoms with Crippen LogP contribution in [0.25, 0.3) is 12.2 Å². The third kappa shape index (κ3) is 2.63. The molecule has 20 heavy (non-hydrogen) atoms. The van der Waals surface area contributed by atoms with Gasteiger partial charge in [-0.15, -0.1) is 11.3 Å². The van der Waals surface area contributed by atoms with Crippen LogP contribution in [0.15, 0.2) is 24.5 Å². The number of hydrogen-bond donors (Lipinski definition) is 1. The zero-order chi connectivity index (χ0) is 13.9. The van der Waals surface area contributed by atoms with Gasteiger partial charge in [0.25, 0.3) is 0 Å². The van der Waals surface area contributed by atoms with E-state index in [1.165, 1.54) is 0 Å². The lowest BCUT2D eigenvalue weighted by molar-refractivity contribution is -0.139. The van der Waals surface area contributed by atoms with Crippen molar-refractivity contribution in [2.45, 2.75) is 25.2 Å². The molecule has 0 bridgehead atoms. The quantitative estimate of drug-likeness (QED) is 0.941. The summed E-state index contributed by atoms with van der Waals surface area (Å²) >= 11 is 1.59. The topological polar surface area (TPSA) is 63.1 Å². The molecule has 4 nitrogen and oxygen atoms in total. The number of fused-ring (bicyclic) bond motifs is 1. The van der Waals surface area contributed by atoms with E-state index < -0.39 is 11.9 Å². The van der Waals surface area contributed by atoms with Gasteiger partial charge < -0.3 is 5.11 Å². The van der Waals surface area contributed by atoms with Crippen molar-refractivity contribution >= 4 is 29.5 Å². The molecule has 0 spiro atoms. The number of rotatable bonds is 3. The summed E-state index contributed by atoms with van der Waals surface area (Å²) in [5, 5.41) is 10.1. The normalized spacial score (nSPS) is 18.1. The first-order chi connectivity index (χ1) is 9.74. The minimum atomic E-state index is -0.765. The smallest absolute Gasteiger partial charge is 0.312 e. The van der Waals surface area contributed by atoms with Crippen molar-refractivity contribution in [1.82, 2.24) is 9.97 Å². The molecular weight excluding hydrogens is 272 g/mol. The van der Waals surface area contributed by atoms with Crippen LogP contribution in [-0.4, -0.2) is 21.0 Å². The van der Waals surface area contributed by atoms with E-state index in [0.29, 0.717) is 6.42 Å². The largest absolute Gasteiger partial charge is 0.481 e. The molecule has 102 valence electrons. The predicted octanol–water partition coefficient (Wildman–Crippen LogP) is 3.21. The van der Waals surface area contributed by atoms with Crippen LogP contribution in [0.4, 0.5) is 0 Å². The van der Waals surface area contributed by atoms with Crippen molar-refractivity contribution in [3.63, 3.8) is 0 Å². The second-order valence-electron chi connectivity index (χ2n) is 4.76. The van der Waals surface area contributed by atoms with Crippen LogP contribution in [0.5, 0.6) is 0 Å². The van der Waals surface area contributed by atoms with Crippen LogP contribution in [0, 0.1) is 0 Å². The van der Waals surface area contributed by atoms with Gasteiger partial charge in [-0.1, -0.05) is 12.1 Å². The highest BCUT2D eigenvalue weighted by Gasteiger charge is 2.29. The number of aryl methyl sites for hydroxylation is 1. The molecule has 0 aliphatic heterocycles. The Kier molecular flexibility index (Phi) is 3.60. The molecule has 5 heteroatoms. The molecule has 0 amide bonds. The summed E-state index contributed by atoms with van der Waals surface area (Å²) in [4.78, 5) is 20.9. The molecule has 3 rings (SSSR count). The number of carboxylic acids is 1. The SMILES string of the molecule is O=C(O)C1CCCc2sc(/C=C/c3cccnc3)nc21. The molecule has 0 saturated heterocycles. The van der Waals surface area contributed by atoms with Crippen LogP contribution in [0.2, 0.25) is 0 Å². The molecule has 0 radical (unpaired) electrons. The van der Waals surface area contributed by atoms with Crippen LogP contribution in [0.3, 0.4) is 0 Å². The summed E-state index contributed by atoms with van der Waals surface area (Å²) in [5.74, 6) is -1.20. The minimum absolute atomic E-state index is 0.435. The molecule has 1 unspecified atom stereocenters. The zero-order valence-corrected chi connectivity index (χ0v) is 11.6. The van der Waals surface area contributed by atoms with E-state index in [4.69, 9.17) is 0 Å². The Hall–Kier alpha value is -2.01. The number of carboxylic acid groups (broad SMARTS) is 1. The number of aliphatic carboxylic acids is 1. The second kappa shape index (κ2) is 5.54. The molecule has 0 fully saturated rings. The van der Waals surface area contributed by atoms with Gasteiger partial charge in [0.15, 0.2) is 0 Å². The molecule has 1 aliphatic carbocycles. The lowest BCUT2D eigenvalue weighted by Crippen LogP contribution is -2.17. The van der Waals surface area contributed by atoms with Crippen molar-refractivity contribution in [2.24, 2.45) is 0 Å². The van der Waals surface area contributed by atoms with E-state index in [1.54, 1.807) is 23.7 Å². The van der Waals surface area contributed by atoms with Crippen molar-refractivity contribution in [2.75, 3.05) is 0 Å². The highest BCUT2D eigenvalue weighted by atomic mass is 32.1. The van der Waals surface area contributed by atoms with Gasteiger partial charge in [0, 0.05) is 17.3 Å². The summed E-state index contributed by atoms with van der Waals surface area (Å²) in [5.41, 5.74) is 1.77. The molecule has 2 aromatic heterocycles. The number of pyridine rings is 1. The van der Waals surface area contributed by atoms with E-state index in [2.05, 4.69) is 9.97 Å². The Balaban J connectivity index is 1.86. The van der Waals surface area contributed by atoms with E-state index in [1.807, 2.05) is 24.3 Å². The molecule has 2 aromatic rings. The second-order valence-corrected chi connectivity index (χ2v) is 5.88. The fourth-order valence-corrected chi connectivity index (χ4v) is 3.46. The van der Waals surface area contributed by atoms with Gasteiger partial charge in [-0.2, -0.15) is 0 Å². The van der Waals surface area contributed by atoms with Gasteiger partial charge in [0.2, 0.25) is 0 Å². The number of carbonyl (C=O) groups is 1. The fraction of sp³-hybridized carbons (Fsp3) is 0.267. The third-order valence-corrected chi connectivity index (χ3v) is 4.47. The Bertz CT molecular complexity index is 649. The van der Waals surface area contributed by atoms with Gasteiger partial charge in [-0.05, 0) is 37.0 Å². The van der Waals surface area contributed by atoms with E-state index in [9.17, 15) is 9.90 Å². The first kappa shape index (κ1) is 13.0. The van der Waals surface area contributed by atoms with Crippen LogP contribution in [-0.2, 0) is 11.2 Å². The zero-order valence-electron chi connectivity index (χ0n) is 10.8. The standard InChI is InChI=1S/C15H14N2O2S/c18-15(19)11-4-1-5-12-14(11)17-13(20-12)7-6-10-3-2-8-16-9-10/h2-3,6-9,11H,1,4-5H2,(H,18,19)/b7-6+. The number of hydrogen-bond acceptors (Lipinski definition) is 4. The molecule has 0 saturated carbocycles. The van der Waals surface area contributed by atoms with Crippen LogP contribution >= 0.6 is 11.3 Å². The molecule has 1 N–H and O–H groups in total. The predicted molar refractivity (Wildman–Crippen MR) is 78.6 cm³/mol. The van der Waals surface area contributed by atoms with Crippen molar-refractivity contribution < 1.29 is 9.90 Å². The molecule has 1 atom stereocenters. The first-order valence-electron chi connectivity index (χ1n) is 6.54. The number of thiazole rings is 1. The fourth-order valence-electron chi connectivity index (χ4n) is 2.39. The maximum atomic E-state index is 11.2. The monoisotopic (exact) mass is 286 g/mol. The Morgan fingerprint density at radius 1 is 1.45 bits per heavy atom. The Morgan fingerprint density at radius 3 is 3.10 bits per heavy atom. The summed E-state index contributed by atoms with van der Waals surface area (Å²) in [6.45, 7) is 0. The first-order valence-corrected chi connectivity index (χ1v) is 7.36. The lowest BCUT2D eigenvalue weighted by Gasteiger charge is -2.16. The third-order valence-electron chi connectivity index (χ3n) is 3.37. The lowest BCUT2D eigenvalue weighted by atomic mass is 9.91. The average Bonchev–Trinajstić information content (AvgIpc) is 2.88. The average molecular weight is 286 g/mol. The Morgan fingerprint density at radius 2 is 2.35 bits per heavy atom. The molecular formula is C15H14N2O2S. The van der Waals surface area contributed by atoms with Crippen LogP contribution < -0.4 is 0 Å². The summed E-state index contributed by atoms with van der Waals surface area (Å²) < 4.78 is 0.